The molecule has 0 fully saturated rings. The van der Waals surface area contributed by atoms with Gasteiger partial charge in [0, 0.05) is 7.11 Å². The number of nitrogens with zero attached hydrogens (tertiary/aromatic N) is 2. The third-order valence-electron chi connectivity index (χ3n) is 0.976. The highest BCUT2D eigenvalue weighted by Gasteiger charge is 2.02. The van der Waals surface area contributed by atoms with E-state index in [4.69, 9.17) is 4.74 Å². The summed E-state index contributed by atoms with van der Waals surface area (Å²) in [5.74, 6) is 0. The van der Waals surface area contributed by atoms with Gasteiger partial charge in [-0.1, -0.05) is 0 Å². The second kappa shape index (κ2) is 3.26. The highest BCUT2D eigenvalue weighted by atomic mass is 16.5. The number of rotatable bonds is 3. The van der Waals surface area contributed by atoms with Crippen molar-refractivity contribution in [2.45, 2.75) is 0 Å². The van der Waals surface area contributed by atoms with Gasteiger partial charge in [0.2, 0.25) is 0 Å². The first-order chi connectivity index (χ1) is 4.43. The minimum Gasteiger partial charge on any atom is -0.383 e. The standard InChI is InChI=1S/C4H10N4O/c1-9-3-2-8-6-4-5-7-8/h4,7H,2-3H2,1H3,(H,5,6). The molecule has 5 nitrogen and oxygen atoms in total. The van der Waals surface area contributed by atoms with Crippen LogP contribution in [0.5, 0.6) is 0 Å². The molecule has 0 saturated carbocycles. The summed E-state index contributed by atoms with van der Waals surface area (Å²) in [7, 11) is 1.66. The SMILES string of the molecule is COCCN1NC=NN1. The number of hydrazone groups is 1. The van der Waals surface area contributed by atoms with Crippen LogP contribution in [0.4, 0.5) is 0 Å². The van der Waals surface area contributed by atoms with Crippen molar-refractivity contribution < 1.29 is 4.74 Å². The molecule has 0 aromatic heterocycles. The highest BCUT2D eigenvalue weighted by molar-refractivity contribution is 5.54. The lowest BCUT2D eigenvalue weighted by Crippen LogP contribution is -2.41. The number of ether oxygens (including phenoxy) is 1. The molecule has 1 heterocycles. The Morgan fingerprint density at radius 3 is 3.22 bits per heavy atom. The molecule has 0 spiro atoms. The van der Waals surface area contributed by atoms with Gasteiger partial charge >= 0.3 is 0 Å². The Hall–Kier alpha value is -0.810. The lowest BCUT2D eigenvalue weighted by Gasteiger charge is -2.12. The second-order valence-electron chi connectivity index (χ2n) is 1.63. The molecule has 0 amide bonds. The van der Waals surface area contributed by atoms with Gasteiger partial charge in [-0.2, -0.15) is 5.10 Å². The van der Waals surface area contributed by atoms with E-state index in [-0.39, 0.29) is 0 Å². The molecular weight excluding hydrogens is 120 g/mol. The monoisotopic (exact) mass is 130 g/mol. The molecule has 0 aliphatic carbocycles. The maximum atomic E-state index is 4.83. The summed E-state index contributed by atoms with van der Waals surface area (Å²) in [6, 6.07) is 0. The summed E-state index contributed by atoms with van der Waals surface area (Å²) in [4.78, 5) is 0. The smallest absolute Gasteiger partial charge is 0.126 e. The van der Waals surface area contributed by atoms with E-state index in [9.17, 15) is 0 Å². The lowest BCUT2D eigenvalue weighted by molar-refractivity contribution is 0.108. The van der Waals surface area contributed by atoms with Crippen molar-refractivity contribution in [1.29, 1.82) is 0 Å². The molecule has 1 rings (SSSR count). The molecule has 2 N–H and O–H groups in total. The van der Waals surface area contributed by atoms with Crippen LogP contribution in [0.25, 0.3) is 0 Å². The van der Waals surface area contributed by atoms with Gasteiger partial charge in [0.15, 0.2) is 0 Å². The molecule has 0 aromatic rings. The molecule has 1 aliphatic heterocycles. The third-order valence-corrected chi connectivity index (χ3v) is 0.976. The van der Waals surface area contributed by atoms with Crippen LogP contribution in [0.3, 0.4) is 0 Å². The quantitative estimate of drug-likeness (QED) is 0.509. The first kappa shape index (κ1) is 6.31. The van der Waals surface area contributed by atoms with Gasteiger partial charge in [0.25, 0.3) is 0 Å². The van der Waals surface area contributed by atoms with E-state index in [1.165, 1.54) is 0 Å². The van der Waals surface area contributed by atoms with Crippen molar-refractivity contribution in [3.63, 3.8) is 0 Å². The average Bonchev–Trinajstić information content (AvgIpc) is 2.34. The van der Waals surface area contributed by atoms with E-state index in [2.05, 4.69) is 16.1 Å². The molecule has 9 heavy (non-hydrogen) atoms. The summed E-state index contributed by atoms with van der Waals surface area (Å²) < 4.78 is 4.83. The van der Waals surface area contributed by atoms with Crippen LogP contribution in [0.2, 0.25) is 0 Å². The van der Waals surface area contributed by atoms with E-state index in [0.717, 1.165) is 6.54 Å². The molecule has 0 saturated heterocycles. The number of methoxy groups -OCH3 is 1. The molecule has 0 bridgehead atoms. The van der Waals surface area contributed by atoms with Gasteiger partial charge in [-0.05, 0) is 0 Å². The zero-order chi connectivity index (χ0) is 6.53. The van der Waals surface area contributed by atoms with Crippen LogP contribution < -0.4 is 11.0 Å². The van der Waals surface area contributed by atoms with Crippen molar-refractivity contribution >= 4 is 6.34 Å². The van der Waals surface area contributed by atoms with Gasteiger partial charge in [0.05, 0.1) is 13.2 Å². The Bertz CT molecular complexity index is 96.7. The minimum atomic E-state index is 0.684. The fourth-order valence-corrected chi connectivity index (χ4v) is 0.523. The molecular formula is C4H10N4O. The summed E-state index contributed by atoms with van der Waals surface area (Å²) in [6.45, 7) is 1.46. The fraction of sp³-hybridized carbons (Fsp3) is 0.750. The maximum absolute atomic E-state index is 4.83. The highest BCUT2D eigenvalue weighted by Crippen LogP contribution is 1.79. The molecule has 5 heteroatoms. The Morgan fingerprint density at radius 2 is 2.67 bits per heavy atom. The van der Waals surface area contributed by atoms with Crippen molar-refractivity contribution in [3.8, 4) is 0 Å². The first-order valence-electron chi connectivity index (χ1n) is 2.73. The topological polar surface area (TPSA) is 48.9 Å². The molecule has 0 aromatic carbocycles. The van der Waals surface area contributed by atoms with E-state index < -0.39 is 0 Å². The third kappa shape index (κ3) is 1.87. The van der Waals surface area contributed by atoms with Gasteiger partial charge < -0.3 is 4.74 Å². The fourth-order valence-electron chi connectivity index (χ4n) is 0.523. The van der Waals surface area contributed by atoms with Crippen molar-refractivity contribution in [2.24, 2.45) is 5.10 Å². The van der Waals surface area contributed by atoms with Gasteiger partial charge in [-0.25, -0.2) is 5.53 Å². The van der Waals surface area contributed by atoms with E-state index in [1.54, 1.807) is 18.6 Å². The summed E-state index contributed by atoms with van der Waals surface area (Å²) in [6.07, 6.45) is 1.58. The van der Waals surface area contributed by atoms with Crippen molar-refractivity contribution in [3.05, 3.63) is 0 Å². The zero-order valence-corrected chi connectivity index (χ0v) is 5.29. The van der Waals surface area contributed by atoms with Crippen LogP contribution in [-0.4, -0.2) is 31.7 Å². The molecule has 0 radical (unpaired) electrons. The minimum absolute atomic E-state index is 0.684. The van der Waals surface area contributed by atoms with Crippen LogP contribution in [0.15, 0.2) is 5.10 Å². The van der Waals surface area contributed by atoms with Crippen LogP contribution in [0.1, 0.15) is 0 Å². The molecule has 0 atom stereocenters. The predicted molar refractivity (Wildman–Crippen MR) is 33.3 cm³/mol. The Labute approximate surface area is 53.6 Å². The van der Waals surface area contributed by atoms with Gasteiger partial charge in [-0.3, -0.25) is 5.43 Å². The van der Waals surface area contributed by atoms with E-state index >= 15 is 0 Å². The number of hydrogen-bond donors (Lipinski definition) is 2. The van der Waals surface area contributed by atoms with Crippen LogP contribution >= 0.6 is 0 Å². The van der Waals surface area contributed by atoms with Crippen LogP contribution in [0, 0.1) is 0 Å². The van der Waals surface area contributed by atoms with Crippen molar-refractivity contribution in [1.82, 2.24) is 16.1 Å². The molecule has 1 aliphatic rings. The van der Waals surface area contributed by atoms with E-state index in [1.807, 2.05) is 0 Å². The largest absolute Gasteiger partial charge is 0.383 e. The molecule has 52 valence electrons. The van der Waals surface area contributed by atoms with Crippen molar-refractivity contribution in [2.75, 3.05) is 20.3 Å². The maximum Gasteiger partial charge on any atom is 0.126 e. The second-order valence-corrected chi connectivity index (χ2v) is 1.63. The average molecular weight is 130 g/mol. The molecule has 0 unspecified atom stereocenters. The zero-order valence-electron chi connectivity index (χ0n) is 5.29. The first-order valence-corrected chi connectivity index (χ1v) is 2.73. The van der Waals surface area contributed by atoms with Gasteiger partial charge in [-0.15, -0.1) is 5.12 Å². The predicted octanol–water partition coefficient (Wildman–Crippen LogP) is -1.10. The van der Waals surface area contributed by atoms with E-state index in [0.29, 0.717) is 6.61 Å². The summed E-state index contributed by atoms with van der Waals surface area (Å²) in [5.41, 5.74) is 5.54. The van der Waals surface area contributed by atoms with Crippen LogP contribution in [-0.2, 0) is 4.74 Å². The Balaban J connectivity index is 2.01. The Kier molecular flexibility index (Phi) is 2.29. The summed E-state index contributed by atoms with van der Waals surface area (Å²) in [5, 5.41) is 5.43. The number of hydrogen-bond acceptors (Lipinski definition) is 5. The Morgan fingerprint density at radius 1 is 1.78 bits per heavy atom. The van der Waals surface area contributed by atoms with Gasteiger partial charge in [0.1, 0.15) is 6.34 Å². The number of hydrazine groups is 2. The summed E-state index contributed by atoms with van der Waals surface area (Å²) >= 11 is 0. The normalized spacial score (nSPS) is 17.4. The number of nitrogens with one attached hydrogen (secondary N) is 2. The lowest BCUT2D eigenvalue weighted by atomic mass is 10.7.